The lowest BCUT2D eigenvalue weighted by molar-refractivity contribution is -0.138. The average molecular weight is 312 g/mol. The van der Waals surface area contributed by atoms with Crippen molar-refractivity contribution in [2.75, 3.05) is 6.61 Å². The van der Waals surface area contributed by atoms with E-state index in [-0.39, 0.29) is 5.97 Å². The second-order valence-electron chi connectivity index (χ2n) is 6.10. The van der Waals surface area contributed by atoms with Gasteiger partial charge in [-0.2, -0.15) is 0 Å². The molecule has 0 heterocycles. The van der Waals surface area contributed by atoms with Crippen molar-refractivity contribution in [2.24, 2.45) is 11.8 Å². The Kier molecular flexibility index (Phi) is 14.8. The first-order chi connectivity index (χ1) is 10.2. The topological polar surface area (TPSA) is 63.6 Å². The summed E-state index contributed by atoms with van der Waals surface area (Å²) in [5.41, 5.74) is 0.325. The second kappa shape index (κ2) is 14.4. The second-order valence-corrected chi connectivity index (χ2v) is 6.10. The largest absolute Gasteiger partial charge is 0.478 e. The number of hydrogen-bond acceptors (Lipinski definition) is 3. The first-order valence-electron chi connectivity index (χ1n) is 7.90. The molecule has 0 aliphatic rings. The van der Waals surface area contributed by atoms with Crippen molar-refractivity contribution in [3.05, 3.63) is 24.8 Å². The fraction of sp³-hybridized carbons (Fsp3) is 0.667. The van der Waals surface area contributed by atoms with Crippen LogP contribution < -0.4 is 0 Å². The summed E-state index contributed by atoms with van der Waals surface area (Å²) < 4.78 is 4.78. The highest BCUT2D eigenvalue weighted by Crippen LogP contribution is 2.10. The van der Waals surface area contributed by atoms with Crippen LogP contribution in [0.1, 0.15) is 59.8 Å². The summed E-state index contributed by atoms with van der Waals surface area (Å²) >= 11 is 0. The molecule has 0 amide bonds. The van der Waals surface area contributed by atoms with Gasteiger partial charge in [0.15, 0.2) is 0 Å². The predicted molar refractivity (Wildman–Crippen MR) is 90.7 cm³/mol. The van der Waals surface area contributed by atoms with Gasteiger partial charge in [-0.3, -0.25) is 0 Å². The van der Waals surface area contributed by atoms with Crippen LogP contribution in [0, 0.1) is 11.8 Å². The van der Waals surface area contributed by atoms with E-state index in [0.29, 0.717) is 30.4 Å². The number of aliphatic carboxylic acids is 1. The van der Waals surface area contributed by atoms with Gasteiger partial charge >= 0.3 is 11.9 Å². The van der Waals surface area contributed by atoms with Crippen LogP contribution in [0.25, 0.3) is 0 Å². The van der Waals surface area contributed by atoms with E-state index in [1.807, 2.05) is 0 Å². The van der Waals surface area contributed by atoms with Crippen LogP contribution in [0.15, 0.2) is 24.8 Å². The lowest BCUT2D eigenvalue weighted by atomic mass is 10.0. The Morgan fingerprint density at radius 2 is 1.59 bits per heavy atom. The summed E-state index contributed by atoms with van der Waals surface area (Å²) in [6.07, 6.45) is 5.86. The Bertz CT molecular complexity index is 341. The first-order valence-corrected chi connectivity index (χ1v) is 7.90. The van der Waals surface area contributed by atoms with Crippen molar-refractivity contribution in [1.82, 2.24) is 0 Å². The molecule has 0 saturated heterocycles. The average Bonchev–Trinajstić information content (AvgIpc) is 2.43. The van der Waals surface area contributed by atoms with Crippen molar-refractivity contribution in [3.63, 3.8) is 0 Å². The Hall–Kier alpha value is -1.58. The summed E-state index contributed by atoms with van der Waals surface area (Å²) in [7, 11) is 0. The van der Waals surface area contributed by atoms with Gasteiger partial charge in [-0.05, 0) is 37.5 Å². The number of carboxylic acid groups (broad SMARTS) is 1. The SMILES string of the molecule is C=C(CCCC(C)C)C(=O)O.C=CC(=O)OCCCC(C)C. The fourth-order valence-corrected chi connectivity index (χ4v) is 1.55. The van der Waals surface area contributed by atoms with Crippen LogP contribution in [0.2, 0.25) is 0 Å². The molecule has 128 valence electrons. The molecule has 0 rings (SSSR count). The van der Waals surface area contributed by atoms with E-state index in [1.165, 1.54) is 6.08 Å². The maximum atomic E-state index is 10.5. The molecule has 0 bridgehead atoms. The Labute approximate surface area is 135 Å². The fourth-order valence-electron chi connectivity index (χ4n) is 1.55. The Morgan fingerprint density at radius 3 is 2.00 bits per heavy atom. The highest BCUT2D eigenvalue weighted by atomic mass is 16.5. The summed E-state index contributed by atoms with van der Waals surface area (Å²) in [4.78, 5) is 20.8. The molecule has 0 atom stereocenters. The van der Waals surface area contributed by atoms with E-state index < -0.39 is 5.97 Å². The van der Waals surface area contributed by atoms with Crippen molar-refractivity contribution in [2.45, 2.75) is 59.8 Å². The number of hydrogen-bond donors (Lipinski definition) is 1. The minimum atomic E-state index is -0.867. The molecular formula is C18H32O4. The number of rotatable bonds is 10. The van der Waals surface area contributed by atoms with E-state index >= 15 is 0 Å². The maximum Gasteiger partial charge on any atom is 0.330 e. The predicted octanol–water partition coefficient (Wildman–Crippen LogP) is 4.61. The number of esters is 1. The van der Waals surface area contributed by atoms with Crippen molar-refractivity contribution in [3.8, 4) is 0 Å². The third-order valence-corrected chi connectivity index (χ3v) is 2.90. The number of carbonyl (C=O) groups is 2. The third-order valence-electron chi connectivity index (χ3n) is 2.90. The van der Waals surface area contributed by atoms with Crippen molar-refractivity contribution < 1.29 is 19.4 Å². The standard InChI is InChI=1S/2C9H16O2/c1-7(2)5-4-6-8(3)9(10)11;1-4-9(10)11-7-5-6-8(2)3/h7H,3-6H2,1-2H3,(H,10,11);4,8H,1,5-7H2,2-3H3. The Morgan fingerprint density at radius 1 is 1.09 bits per heavy atom. The molecule has 0 aliphatic heterocycles. The molecular weight excluding hydrogens is 280 g/mol. The van der Waals surface area contributed by atoms with Gasteiger partial charge in [-0.25, -0.2) is 9.59 Å². The van der Waals surface area contributed by atoms with Crippen LogP contribution in [0.4, 0.5) is 0 Å². The lowest BCUT2D eigenvalue weighted by Gasteiger charge is -2.03. The summed E-state index contributed by atoms with van der Waals surface area (Å²) in [5.74, 6) is 0.136. The van der Waals surface area contributed by atoms with Crippen LogP contribution in [0.3, 0.4) is 0 Å². The molecule has 0 aliphatic carbocycles. The molecule has 4 heteroatoms. The highest BCUT2D eigenvalue weighted by molar-refractivity contribution is 5.85. The molecule has 0 aromatic rings. The minimum Gasteiger partial charge on any atom is -0.478 e. The van der Waals surface area contributed by atoms with Crippen molar-refractivity contribution in [1.29, 1.82) is 0 Å². The van der Waals surface area contributed by atoms with Crippen LogP contribution in [-0.4, -0.2) is 23.7 Å². The summed E-state index contributed by atoms with van der Waals surface area (Å²) in [5, 5.41) is 8.45. The lowest BCUT2D eigenvalue weighted by Crippen LogP contribution is -2.02. The van der Waals surface area contributed by atoms with Gasteiger partial charge in [0.1, 0.15) is 0 Å². The van der Waals surface area contributed by atoms with Crippen LogP contribution in [0.5, 0.6) is 0 Å². The van der Waals surface area contributed by atoms with Gasteiger partial charge < -0.3 is 9.84 Å². The van der Waals surface area contributed by atoms with Crippen LogP contribution in [-0.2, 0) is 14.3 Å². The molecule has 4 nitrogen and oxygen atoms in total. The van der Waals surface area contributed by atoms with E-state index in [1.54, 1.807) is 0 Å². The smallest absolute Gasteiger partial charge is 0.330 e. The molecule has 0 fully saturated rings. The van der Waals surface area contributed by atoms with E-state index in [2.05, 4.69) is 40.9 Å². The van der Waals surface area contributed by atoms with Crippen molar-refractivity contribution >= 4 is 11.9 Å². The van der Waals surface area contributed by atoms with Crippen LogP contribution >= 0.6 is 0 Å². The molecule has 22 heavy (non-hydrogen) atoms. The quantitative estimate of drug-likeness (QED) is 0.363. The molecule has 0 aromatic carbocycles. The first kappa shape index (κ1) is 22.7. The van der Waals surface area contributed by atoms with Gasteiger partial charge in [0, 0.05) is 11.6 Å². The van der Waals surface area contributed by atoms with E-state index in [0.717, 1.165) is 25.7 Å². The highest BCUT2D eigenvalue weighted by Gasteiger charge is 2.03. The minimum absolute atomic E-state index is 0.325. The van der Waals surface area contributed by atoms with Gasteiger partial charge in [-0.15, -0.1) is 0 Å². The monoisotopic (exact) mass is 312 g/mol. The normalized spacial score (nSPS) is 9.91. The molecule has 0 radical (unpaired) electrons. The Balaban J connectivity index is 0. The number of carboxylic acids is 1. The number of ether oxygens (including phenoxy) is 1. The molecule has 0 aromatic heterocycles. The molecule has 0 saturated carbocycles. The molecule has 1 N–H and O–H groups in total. The zero-order valence-electron chi connectivity index (χ0n) is 14.6. The zero-order chi connectivity index (χ0) is 17.5. The summed E-state index contributed by atoms with van der Waals surface area (Å²) in [6.45, 7) is 15.8. The van der Waals surface area contributed by atoms with Gasteiger partial charge in [0.2, 0.25) is 0 Å². The van der Waals surface area contributed by atoms with E-state index in [4.69, 9.17) is 9.84 Å². The molecule has 0 spiro atoms. The molecule has 0 unspecified atom stereocenters. The summed E-state index contributed by atoms with van der Waals surface area (Å²) in [6, 6.07) is 0. The maximum absolute atomic E-state index is 10.5. The zero-order valence-corrected chi connectivity index (χ0v) is 14.6. The third kappa shape index (κ3) is 18.4. The number of carbonyl (C=O) groups excluding carboxylic acids is 1. The van der Waals surface area contributed by atoms with Gasteiger partial charge in [-0.1, -0.05) is 47.3 Å². The van der Waals surface area contributed by atoms with Gasteiger partial charge in [0.25, 0.3) is 0 Å². The van der Waals surface area contributed by atoms with E-state index in [9.17, 15) is 9.59 Å². The van der Waals surface area contributed by atoms with Gasteiger partial charge in [0.05, 0.1) is 6.61 Å².